The maximum atomic E-state index is 13.8. The van der Waals surface area contributed by atoms with Crippen LogP contribution in [0.25, 0.3) is 0 Å². The topological polar surface area (TPSA) is 64.1 Å². The summed E-state index contributed by atoms with van der Waals surface area (Å²) in [7, 11) is 4.91. The number of guanidine groups is 1. The van der Waals surface area contributed by atoms with Crippen LogP contribution in [-0.2, 0) is 6.54 Å². The minimum Gasteiger partial charge on any atom is -0.493 e. The lowest BCUT2D eigenvalue weighted by Crippen LogP contribution is -2.42. The van der Waals surface area contributed by atoms with Gasteiger partial charge < -0.3 is 24.8 Å². The molecule has 0 radical (unpaired) electrons. The minimum atomic E-state index is -0.364. The highest BCUT2D eigenvalue weighted by molar-refractivity contribution is 14.0. The van der Waals surface area contributed by atoms with E-state index in [1.54, 1.807) is 39.5 Å². The van der Waals surface area contributed by atoms with Crippen LogP contribution < -0.4 is 24.8 Å². The van der Waals surface area contributed by atoms with Crippen LogP contribution in [0.4, 0.5) is 4.39 Å². The molecule has 1 unspecified atom stereocenters. The molecule has 0 saturated carbocycles. The molecule has 0 amide bonds. The number of para-hydroxylation sites is 1. The van der Waals surface area contributed by atoms with Gasteiger partial charge in [0.25, 0.3) is 0 Å². The van der Waals surface area contributed by atoms with Gasteiger partial charge in [-0.2, -0.15) is 0 Å². The van der Waals surface area contributed by atoms with Crippen LogP contribution in [0.5, 0.6) is 17.2 Å². The standard InChI is InChI=1S/C21H28FN3O3.HI/c1-5-16(28-18-9-7-6-8-17(18)22)14-25-21(23-2)24-13-15-10-11-19(26-3)20(12-15)27-4;/h6-12,16H,5,13-14H2,1-4H3,(H2,23,24,25);1H. The molecule has 0 saturated heterocycles. The Balaban J connectivity index is 0.00000420. The Morgan fingerprint density at radius 2 is 1.76 bits per heavy atom. The first-order valence-electron chi connectivity index (χ1n) is 9.17. The van der Waals surface area contributed by atoms with E-state index < -0.39 is 0 Å². The van der Waals surface area contributed by atoms with Gasteiger partial charge in [-0.3, -0.25) is 4.99 Å². The third-order valence-electron chi connectivity index (χ3n) is 4.21. The molecule has 2 rings (SSSR count). The predicted molar refractivity (Wildman–Crippen MR) is 124 cm³/mol. The molecule has 0 aromatic heterocycles. The highest BCUT2D eigenvalue weighted by Crippen LogP contribution is 2.27. The van der Waals surface area contributed by atoms with E-state index in [0.29, 0.717) is 30.5 Å². The van der Waals surface area contributed by atoms with Gasteiger partial charge in [-0.05, 0) is 36.2 Å². The summed E-state index contributed by atoms with van der Waals surface area (Å²) in [4.78, 5) is 4.22. The number of benzene rings is 2. The second-order valence-corrected chi connectivity index (χ2v) is 6.07. The monoisotopic (exact) mass is 517 g/mol. The Kier molecular flexibility index (Phi) is 11.2. The maximum Gasteiger partial charge on any atom is 0.191 e. The average molecular weight is 517 g/mol. The highest BCUT2D eigenvalue weighted by atomic mass is 127. The lowest BCUT2D eigenvalue weighted by Gasteiger charge is -2.20. The number of halogens is 2. The zero-order chi connectivity index (χ0) is 20.4. The number of rotatable bonds is 9. The molecule has 29 heavy (non-hydrogen) atoms. The molecule has 0 aliphatic heterocycles. The summed E-state index contributed by atoms with van der Waals surface area (Å²) < 4.78 is 30.1. The fraction of sp³-hybridized carbons (Fsp3) is 0.381. The lowest BCUT2D eigenvalue weighted by atomic mass is 10.2. The number of nitrogens with one attached hydrogen (secondary N) is 2. The number of ether oxygens (including phenoxy) is 3. The third kappa shape index (κ3) is 7.60. The molecule has 2 N–H and O–H groups in total. The molecule has 8 heteroatoms. The van der Waals surface area contributed by atoms with Gasteiger partial charge in [-0.25, -0.2) is 4.39 Å². The van der Waals surface area contributed by atoms with E-state index in [9.17, 15) is 4.39 Å². The summed E-state index contributed by atoms with van der Waals surface area (Å²) >= 11 is 0. The fourth-order valence-electron chi connectivity index (χ4n) is 2.60. The first-order valence-corrected chi connectivity index (χ1v) is 9.17. The van der Waals surface area contributed by atoms with Crippen LogP contribution in [0.1, 0.15) is 18.9 Å². The van der Waals surface area contributed by atoms with Gasteiger partial charge in [-0.1, -0.05) is 25.1 Å². The summed E-state index contributed by atoms with van der Waals surface area (Å²) in [5.41, 5.74) is 1.02. The molecular formula is C21H29FIN3O3. The molecule has 0 spiro atoms. The van der Waals surface area contributed by atoms with Crippen molar-refractivity contribution in [3.05, 3.63) is 53.8 Å². The van der Waals surface area contributed by atoms with Gasteiger partial charge in [0.1, 0.15) is 6.10 Å². The Labute approximate surface area is 188 Å². The molecule has 160 valence electrons. The molecule has 0 aliphatic rings. The quantitative estimate of drug-likeness (QED) is 0.300. The van der Waals surface area contributed by atoms with E-state index in [1.165, 1.54) is 6.07 Å². The Bertz CT molecular complexity index is 790. The molecule has 2 aromatic carbocycles. The SMILES string of the molecule is CCC(CNC(=NC)NCc1ccc(OC)c(OC)c1)Oc1ccccc1F.I. The van der Waals surface area contributed by atoms with Crippen molar-refractivity contribution >= 4 is 29.9 Å². The van der Waals surface area contributed by atoms with Gasteiger partial charge in [0.15, 0.2) is 29.0 Å². The number of hydrogen-bond acceptors (Lipinski definition) is 4. The molecular weight excluding hydrogens is 488 g/mol. The Hall–Kier alpha value is -2.23. The fourth-order valence-corrected chi connectivity index (χ4v) is 2.60. The van der Waals surface area contributed by atoms with Crippen molar-refractivity contribution in [3.63, 3.8) is 0 Å². The van der Waals surface area contributed by atoms with Crippen LogP contribution in [0, 0.1) is 5.82 Å². The van der Waals surface area contributed by atoms with E-state index in [1.807, 2.05) is 25.1 Å². The third-order valence-corrected chi connectivity index (χ3v) is 4.21. The van der Waals surface area contributed by atoms with Crippen molar-refractivity contribution in [2.24, 2.45) is 4.99 Å². The van der Waals surface area contributed by atoms with E-state index in [4.69, 9.17) is 14.2 Å². The van der Waals surface area contributed by atoms with Crippen LogP contribution in [0.15, 0.2) is 47.5 Å². The van der Waals surface area contributed by atoms with Crippen LogP contribution in [0.3, 0.4) is 0 Å². The van der Waals surface area contributed by atoms with Gasteiger partial charge in [0.05, 0.1) is 20.8 Å². The number of methoxy groups -OCH3 is 2. The second-order valence-electron chi connectivity index (χ2n) is 6.07. The molecule has 6 nitrogen and oxygen atoms in total. The normalized spacial score (nSPS) is 11.8. The summed E-state index contributed by atoms with van der Waals surface area (Å²) in [6, 6.07) is 12.1. The second kappa shape index (κ2) is 13.1. The zero-order valence-electron chi connectivity index (χ0n) is 17.2. The van der Waals surface area contributed by atoms with Crippen LogP contribution in [0.2, 0.25) is 0 Å². The molecule has 0 heterocycles. The van der Waals surface area contributed by atoms with Gasteiger partial charge >= 0.3 is 0 Å². The zero-order valence-corrected chi connectivity index (χ0v) is 19.5. The largest absolute Gasteiger partial charge is 0.493 e. The van der Waals surface area contributed by atoms with E-state index in [2.05, 4.69) is 15.6 Å². The molecule has 0 bridgehead atoms. The predicted octanol–water partition coefficient (Wildman–Crippen LogP) is 3.98. The first-order chi connectivity index (χ1) is 13.6. The molecule has 2 aromatic rings. The van der Waals surface area contributed by atoms with Crippen molar-refractivity contribution in [1.29, 1.82) is 0 Å². The minimum absolute atomic E-state index is 0. The summed E-state index contributed by atoms with van der Waals surface area (Å²) in [6.45, 7) is 3.05. The Morgan fingerprint density at radius 1 is 1.03 bits per heavy atom. The van der Waals surface area contributed by atoms with Gasteiger partial charge in [0.2, 0.25) is 0 Å². The smallest absolute Gasteiger partial charge is 0.191 e. The van der Waals surface area contributed by atoms with Crippen LogP contribution >= 0.6 is 24.0 Å². The summed E-state index contributed by atoms with van der Waals surface area (Å²) in [5, 5.41) is 6.46. The van der Waals surface area contributed by atoms with Crippen molar-refractivity contribution in [3.8, 4) is 17.2 Å². The van der Waals surface area contributed by atoms with Crippen molar-refractivity contribution in [2.45, 2.75) is 26.0 Å². The maximum absolute atomic E-state index is 13.8. The van der Waals surface area contributed by atoms with E-state index in [-0.39, 0.29) is 41.6 Å². The molecule has 1 atom stereocenters. The Morgan fingerprint density at radius 3 is 2.38 bits per heavy atom. The average Bonchev–Trinajstić information content (AvgIpc) is 2.73. The number of aliphatic imine (C=N–C) groups is 1. The summed E-state index contributed by atoms with van der Waals surface area (Å²) in [5.74, 6) is 1.88. The van der Waals surface area contributed by atoms with Crippen LogP contribution in [-0.4, -0.2) is 39.9 Å². The lowest BCUT2D eigenvalue weighted by molar-refractivity contribution is 0.191. The summed E-state index contributed by atoms with van der Waals surface area (Å²) in [6.07, 6.45) is 0.546. The van der Waals surface area contributed by atoms with Crippen molar-refractivity contribution < 1.29 is 18.6 Å². The van der Waals surface area contributed by atoms with Crippen molar-refractivity contribution in [2.75, 3.05) is 27.8 Å². The number of hydrogen-bond donors (Lipinski definition) is 2. The molecule has 0 fully saturated rings. The number of nitrogens with zero attached hydrogens (tertiary/aromatic N) is 1. The first kappa shape index (κ1) is 24.8. The van der Waals surface area contributed by atoms with E-state index >= 15 is 0 Å². The molecule has 0 aliphatic carbocycles. The van der Waals surface area contributed by atoms with Gasteiger partial charge in [-0.15, -0.1) is 24.0 Å². The highest BCUT2D eigenvalue weighted by Gasteiger charge is 2.12. The van der Waals surface area contributed by atoms with Gasteiger partial charge in [0, 0.05) is 13.6 Å². The van der Waals surface area contributed by atoms with Crippen molar-refractivity contribution in [1.82, 2.24) is 10.6 Å². The van der Waals surface area contributed by atoms with E-state index in [0.717, 1.165) is 12.0 Å².